The molecule has 0 spiro atoms. The van der Waals surface area contributed by atoms with E-state index in [1.165, 1.54) is 22.3 Å². The quantitative estimate of drug-likeness (QED) is 0.676. The zero-order valence-corrected chi connectivity index (χ0v) is 12.5. The van der Waals surface area contributed by atoms with Gasteiger partial charge >= 0.3 is 0 Å². The topological polar surface area (TPSA) is 0 Å². The molecule has 0 saturated carbocycles. The first kappa shape index (κ1) is 14.1. The van der Waals surface area contributed by atoms with Gasteiger partial charge in [-0.25, -0.2) is 0 Å². The van der Waals surface area contributed by atoms with E-state index in [1.54, 1.807) is 0 Å². The third kappa shape index (κ3) is 4.11. The van der Waals surface area contributed by atoms with Crippen molar-refractivity contribution in [2.75, 3.05) is 5.88 Å². The molecule has 1 atom stereocenters. The van der Waals surface area contributed by atoms with Crippen molar-refractivity contribution in [2.24, 2.45) is 5.92 Å². The third-order valence-electron chi connectivity index (χ3n) is 3.63. The average molecular weight is 273 g/mol. The second kappa shape index (κ2) is 6.77. The van der Waals surface area contributed by atoms with Gasteiger partial charge in [0, 0.05) is 5.88 Å². The third-order valence-corrected chi connectivity index (χ3v) is 4.07. The maximum absolute atomic E-state index is 6.15. The summed E-state index contributed by atoms with van der Waals surface area (Å²) in [6.45, 7) is 4.29. The zero-order valence-electron chi connectivity index (χ0n) is 11.7. The zero-order chi connectivity index (χ0) is 13.7. The second-order valence-electron chi connectivity index (χ2n) is 5.34. The highest BCUT2D eigenvalue weighted by Crippen LogP contribution is 2.19. The molecule has 0 aromatic heterocycles. The molecule has 0 nitrogen and oxygen atoms in total. The molecular formula is C18H21Cl. The fourth-order valence-electron chi connectivity index (χ4n) is 2.39. The standard InChI is InChI=1S/C18H21Cl/c1-14-7-9-16(10-8-14)11-17(13-19)12-18-6-4-3-5-15(18)2/h3-10,17H,11-13H2,1-2H3. The van der Waals surface area contributed by atoms with Gasteiger partial charge in [0.2, 0.25) is 0 Å². The van der Waals surface area contributed by atoms with Crippen molar-refractivity contribution in [3.63, 3.8) is 0 Å². The van der Waals surface area contributed by atoms with Crippen LogP contribution in [0.25, 0.3) is 0 Å². The van der Waals surface area contributed by atoms with Gasteiger partial charge in [-0.3, -0.25) is 0 Å². The van der Waals surface area contributed by atoms with Crippen LogP contribution < -0.4 is 0 Å². The summed E-state index contributed by atoms with van der Waals surface area (Å²) in [4.78, 5) is 0. The summed E-state index contributed by atoms with van der Waals surface area (Å²) < 4.78 is 0. The van der Waals surface area contributed by atoms with Crippen LogP contribution in [-0.4, -0.2) is 5.88 Å². The number of hydrogen-bond donors (Lipinski definition) is 0. The minimum Gasteiger partial charge on any atom is -0.126 e. The number of halogens is 1. The van der Waals surface area contributed by atoms with Gasteiger partial charge in [-0.05, 0) is 49.3 Å². The van der Waals surface area contributed by atoms with Crippen LogP contribution in [0.2, 0.25) is 0 Å². The normalized spacial score (nSPS) is 12.4. The van der Waals surface area contributed by atoms with Crippen LogP contribution in [0.1, 0.15) is 22.3 Å². The first-order chi connectivity index (χ1) is 9.19. The molecule has 1 heteroatoms. The molecule has 100 valence electrons. The number of rotatable bonds is 5. The van der Waals surface area contributed by atoms with Gasteiger partial charge in [-0.2, -0.15) is 0 Å². The number of hydrogen-bond acceptors (Lipinski definition) is 0. The molecule has 0 saturated heterocycles. The Balaban J connectivity index is 2.05. The summed E-state index contributed by atoms with van der Waals surface area (Å²) in [6, 6.07) is 17.4. The van der Waals surface area contributed by atoms with Gasteiger partial charge in [0.1, 0.15) is 0 Å². The summed E-state index contributed by atoms with van der Waals surface area (Å²) in [5.41, 5.74) is 5.47. The van der Waals surface area contributed by atoms with Gasteiger partial charge in [-0.15, -0.1) is 11.6 Å². The number of benzene rings is 2. The van der Waals surface area contributed by atoms with Crippen LogP contribution >= 0.6 is 11.6 Å². The smallest absolute Gasteiger partial charge is 0.0258 e. The van der Waals surface area contributed by atoms with E-state index in [2.05, 4.69) is 62.4 Å². The predicted octanol–water partition coefficient (Wildman–Crippen LogP) is 4.94. The Hall–Kier alpha value is -1.27. The maximum Gasteiger partial charge on any atom is 0.0258 e. The molecule has 19 heavy (non-hydrogen) atoms. The maximum atomic E-state index is 6.15. The van der Waals surface area contributed by atoms with E-state index >= 15 is 0 Å². The average Bonchev–Trinajstić information content (AvgIpc) is 2.43. The molecule has 0 heterocycles. The fraction of sp³-hybridized carbons (Fsp3) is 0.333. The van der Waals surface area contributed by atoms with E-state index in [0.29, 0.717) is 11.8 Å². The molecule has 0 radical (unpaired) electrons. The van der Waals surface area contributed by atoms with Crippen LogP contribution in [0.4, 0.5) is 0 Å². The SMILES string of the molecule is Cc1ccc(CC(CCl)Cc2ccccc2C)cc1. The van der Waals surface area contributed by atoms with Crippen LogP contribution in [0.5, 0.6) is 0 Å². The van der Waals surface area contributed by atoms with Crippen LogP contribution in [0, 0.1) is 19.8 Å². The lowest BCUT2D eigenvalue weighted by Gasteiger charge is -2.15. The summed E-state index contributed by atoms with van der Waals surface area (Å²) in [5, 5.41) is 0. The fourth-order valence-corrected chi connectivity index (χ4v) is 2.61. The van der Waals surface area contributed by atoms with Crippen molar-refractivity contribution in [3.8, 4) is 0 Å². The highest BCUT2D eigenvalue weighted by Gasteiger charge is 2.11. The van der Waals surface area contributed by atoms with Crippen molar-refractivity contribution < 1.29 is 0 Å². The Labute approximate surface area is 121 Å². The molecule has 2 rings (SSSR count). The first-order valence-corrected chi connectivity index (χ1v) is 7.38. The molecule has 2 aromatic carbocycles. The Kier molecular flexibility index (Phi) is 5.04. The summed E-state index contributed by atoms with van der Waals surface area (Å²) >= 11 is 6.15. The van der Waals surface area contributed by atoms with Crippen molar-refractivity contribution in [3.05, 3.63) is 70.8 Å². The highest BCUT2D eigenvalue weighted by molar-refractivity contribution is 6.18. The van der Waals surface area contributed by atoms with Gasteiger partial charge < -0.3 is 0 Å². The number of alkyl halides is 1. The number of aryl methyl sites for hydroxylation is 2. The highest BCUT2D eigenvalue weighted by atomic mass is 35.5. The monoisotopic (exact) mass is 272 g/mol. The Morgan fingerprint density at radius 1 is 0.895 bits per heavy atom. The molecule has 0 aliphatic rings. The largest absolute Gasteiger partial charge is 0.126 e. The molecule has 1 unspecified atom stereocenters. The summed E-state index contributed by atoms with van der Waals surface area (Å²) in [6.07, 6.45) is 2.11. The Morgan fingerprint density at radius 3 is 2.21 bits per heavy atom. The van der Waals surface area contributed by atoms with Crippen LogP contribution in [-0.2, 0) is 12.8 Å². The van der Waals surface area contributed by atoms with Gasteiger partial charge in [0.25, 0.3) is 0 Å². The summed E-state index contributed by atoms with van der Waals surface area (Å²) in [5.74, 6) is 1.22. The van der Waals surface area contributed by atoms with E-state index in [-0.39, 0.29) is 0 Å². The molecule has 0 amide bonds. The summed E-state index contributed by atoms with van der Waals surface area (Å²) in [7, 11) is 0. The lowest BCUT2D eigenvalue weighted by Crippen LogP contribution is -2.11. The van der Waals surface area contributed by atoms with Crippen molar-refractivity contribution in [2.45, 2.75) is 26.7 Å². The lowest BCUT2D eigenvalue weighted by atomic mass is 9.92. The molecule has 0 N–H and O–H groups in total. The Morgan fingerprint density at radius 2 is 1.58 bits per heavy atom. The minimum atomic E-state index is 0.505. The molecule has 0 aliphatic heterocycles. The van der Waals surface area contributed by atoms with E-state index in [9.17, 15) is 0 Å². The van der Waals surface area contributed by atoms with Crippen LogP contribution in [0.3, 0.4) is 0 Å². The van der Waals surface area contributed by atoms with Crippen LogP contribution in [0.15, 0.2) is 48.5 Å². The van der Waals surface area contributed by atoms with E-state index in [4.69, 9.17) is 11.6 Å². The van der Waals surface area contributed by atoms with E-state index < -0.39 is 0 Å². The lowest BCUT2D eigenvalue weighted by molar-refractivity contribution is 0.582. The van der Waals surface area contributed by atoms with E-state index in [1.807, 2.05) is 0 Å². The van der Waals surface area contributed by atoms with Gasteiger partial charge in [0.05, 0.1) is 0 Å². The van der Waals surface area contributed by atoms with Gasteiger partial charge in [-0.1, -0.05) is 54.1 Å². The first-order valence-electron chi connectivity index (χ1n) is 6.85. The second-order valence-corrected chi connectivity index (χ2v) is 5.65. The molecule has 2 aromatic rings. The molecular weight excluding hydrogens is 252 g/mol. The molecule has 0 fully saturated rings. The minimum absolute atomic E-state index is 0.505. The van der Waals surface area contributed by atoms with Crippen molar-refractivity contribution in [1.82, 2.24) is 0 Å². The van der Waals surface area contributed by atoms with Crippen molar-refractivity contribution >= 4 is 11.6 Å². The molecule has 0 aliphatic carbocycles. The van der Waals surface area contributed by atoms with E-state index in [0.717, 1.165) is 12.8 Å². The predicted molar refractivity (Wildman–Crippen MR) is 84.0 cm³/mol. The Bertz CT molecular complexity index is 513. The van der Waals surface area contributed by atoms with Crippen molar-refractivity contribution in [1.29, 1.82) is 0 Å². The molecule has 0 bridgehead atoms. The van der Waals surface area contributed by atoms with Gasteiger partial charge in [0.15, 0.2) is 0 Å².